The Hall–Kier alpha value is -2.42. The Morgan fingerprint density at radius 2 is 1.82 bits per heavy atom. The van der Waals surface area contributed by atoms with E-state index in [0.717, 1.165) is 23.4 Å². The van der Waals surface area contributed by atoms with Crippen LogP contribution in [-0.4, -0.2) is 36.4 Å². The van der Waals surface area contributed by atoms with Gasteiger partial charge in [0.05, 0.1) is 17.9 Å². The number of nitrogens with one attached hydrogen (secondary N) is 1. The number of rotatable bonds is 8. The maximum absolute atomic E-state index is 12.7. The van der Waals surface area contributed by atoms with E-state index in [4.69, 9.17) is 9.84 Å². The van der Waals surface area contributed by atoms with E-state index < -0.39 is 11.7 Å². The van der Waals surface area contributed by atoms with Gasteiger partial charge in [-0.25, -0.2) is 4.98 Å². The van der Waals surface area contributed by atoms with Crippen LogP contribution < -0.4 is 10.1 Å². The van der Waals surface area contributed by atoms with E-state index >= 15 is 0 Å². The van der Waals surface area contributed by atoms with Crippen molar-refractivity contribution in [2.45, 2.75) is 6.18 Å². The van der Waals surface area contributed by atoms with Crippen LogP contribution in [0.25, 0.3) is 21.8 Å². The highest BCUT2D eigenvalue weighted by Gasteiger charge is 2.30. The predicted octanol–water partition coefficient (Wildman–Crippen LogP) is 4.46. The van der Waals surface area contributed by atoms with Crippen LogP contribution in [0, 0.1) is 0 Å². The highest BCUT2D eigenvalue weighted by Crippen LogP contribution is 2.33. The Labute approximate surface area is 164 Å². The van der Waals surface area contributed by atoms with E-state index in [1.807, 2.05) is 29.6 Å². The monoisotopic (exact) mass is 408 g/mol. The van der Waals surface area contributed by atoms with Gasteiger partial charge >= 0.3 is 6.18 Å². The third-order valence-electron chi connectivity index (χ3n) is 3.93. The van der Waals surface area contributed by atoms with Gasteiger partial charge in [-0.1, -0.05) is 24.3 Å². The number of halogens is 3. The van der Waals surface area contributed by atoms with E-state index in [2.05, 4.69) is 10.3 Å². The Morgan fingerprint density at radius 1 is 1.04 bits per heavy atom. The molecular weight excluding hydrogens is 389 g/mol. The first kappa shape index (κ1) is 20.3. The van der Waals surface area contributed by atoms with Gasteiger partial charge in [0, 0.05) is 29.6 Å². The lowest BCUT2D eigenvalue weighted by atomic mass is 10.1. The fourth-order valence-electron chi connectivity index (χ4n) is 2.53. The van der Waals surface area contributed by atoms with Crippen LogP contribution in [0.2, 0.25) is 0 Å². The van der Waals surface area contributed by atoms with Crippen molar-refractivity contribution in [2.24, 2.45) is 0 Å². The van der Waals surface area contributed by atoms with E-state index in [0.29, 0.717) is 36.0 Å². The third-order valence-corrected chi connectivity index (χ3v) is 4.82. The summed E-state index contributed by atoms with van der Waals surface area (Å²) in [4.78, 5) is 4.55. The summed E-state index contributed by atoms with van der Waals surface area (Å²) in [6, 6.07) is 12.5. The van der Waals surface area contributed by atoms with Crippen LogP contribution in [0.3, 0.4) is 0 Å². The molecule has 0 unspecified atom stereocenters. The van der Waals surface area contributed by atoms with Crippen LogP contribution in [0.15, 0.2) is 53.9 Å². The Kier molecular flexibility index (Phi) is 6.66. The Bertz CT molecular complexity index is 895. The second-order valence-corrected chi connectivity index (χ2v) is 6.82. The zero-order valence-electron chi connectivity index (χ0n) is 14.9. The SMILES string of the molecule is OCCNCCOc1cccc(-c2csc(-c3ccc(C(F)(F)F)cc3)n2)c1. The number of benzene rings is 2. The first-order valence-corrected chi connectivity index (χ1v) is 9.53. The van der Waals surface area contributed by atoms with Gasteiger partial charge in [0.2, 0.25) is 0 Å². The van der Waals surface area contributed by atoms with Gasteiger partial charge in [0.25, 0.3) is 0 Å². The number of thiazole rings is 1. The molecule has 4 nitrogen and oxygen atoms in total. The Morgan fingerprint density at radius 3 is 2.54 bits per heavy atom. The molecule has 0 amide bonds. The van der Waals surface area contributed by atoms with Gasteiger partial charge in [0.15, 0.2) is 0 Å². The maximum Gasteiger partial charge on any atom is 0.416 e. The summed E-state index contributed by atoms with van der Waals surface area (Å²) in [7, 11) is 0. The highest BCUT2D eigenvalue weighted by atomic mass is 32.1. The first-order chi connectivity index (χ1) is 13.5. The van der Waals surface area contributed by atoms with Crippen molar-refractivity contribution < 1.29 is 23.0 Å². The molecule has 0 aliphatic carbocycles. The van der Waals surface area contributed by atoms with Gasteiger partial charge in [-0.05, 0) is 24.3 Å². The normalized spacial score (nSPS) is 11.6. The minimum absolute atomic E-state index is 0.0839. The molecule has 2 N–H and O–H groups in total. The molecule has 0 radical (unpaired) electrons. The molecule has 0 spiro atoms. The lowest BCUT2D eigenvalue weighted by Gasteiger charge is -2.08. The molecular formula is C20H19F3N2O2S. The average molecular weight is 408 g/mol. The summed E-state index contributed by atoms with van der Waals surface area (Å²) in [5, 5.41) is 14.3. The lowest BCUT2D eigenvalue weighted by Crippen LogP contribution is -2.23. The third kappa shape index (κ3) is 5.31. The van der Waals surface area contributed by atoms with Crippen molar-refractivity contribution in [2.75, 3.05) is 26.3 Å². The van der Waals surface area contributed by atoms with Crippen molar-refractivity contribution in [1.82, 2.24) is 10.3 Å². The molecule has 2 aromatic carbocycles. The lowest BCUT2D eigenvalue weighted by molar-refractivity contribution is -0.137. The molecule has 0 saturated carbocycles. The molecule has 1 heterocycles. The number of aromatic nitrogens is 1. The van der Waals surface area contributed by atoms with E-state index in [9.17, 15) is 13.2 Å². The van der Waals surface area contributed by atoms with E-state index in [1.54, 1.807) is 0 Å². The van der Waals surface area contributed by atoms with Gasteiger partial charge in [-0.15, -0.1) is 11.3 Å². The topological polar surface area (TPSA) is 54.4 Å². The molecule has 0 aliphatic heterocycles. The summed E-state index contributed by atoms with van der Waals surface area (Å²) >= 11 is 1.38. The molecule has 0 bridgehead atoms. The van der Waals surface area contributed by atoms with Gasteiger partial charge in [-0.2, -0.15) is 13.2 Å². The number of ether oxygens (including phenoxy) is 1. The second kappa shape index (κ2) is 9.18. The zero-order chi connectivity index (χ0) is 20.0. The zero-order valence-corrected chi connectivity index (χ0v) is 15.7. The summed E-state index contributed by atoms with van der Waals surface area (Å²) in [5.74, 6) is 0.701. The van der Waals surface area contributed by atoms with Crippen LogP contribution in [-0.2, 0) is 6.18 Å². The fraction of sp³-hybridized carbons (Fsp3) is 0.250. The van der Waals surface area contributed by atoms with E-state index in [1.165, 1.54) is 23.5 Å². The molecule has 0 aliphatic rings. The van der Waals surface area contributed by atoms with Crippen LogP contribution in [0.5, 0.6) is 5.75 Å². The van der Waals surface area contributed by atoms with Crippen molar-refractivity contribution in [3.8, 4) is 27.6 Å². The molecule has 8 heteroatoms. The quantitative estimate of drug-likeness (QED) is 0.541. The molecule has 28 heavy (non-hydrogen) atoms. The highest BCUT2D eigenvalue weighted by molar-refractivity contribution is 7.13. The summed E-state index contributed by atoms with van der Waals surface area (Å²) < 4.78 is 43.8. The fourth-order valence-corrected chi connectivity index (χ4v) is 3.37. The maximum atomic E-state index is 12.7. The number of hydrogen-bond donors (Lipinski definition) is 2. The molecule has 0 fully saturated rings. The molecule has 3 aromatic rings. The standard InChI is InChI=1S/C20H19F3N2O2S/c21-20(22,23)16-6-4-14(5-7-16)19-25-18(13-28-19)15-2-1-3-17(12-15)27-11-9-24-8-10-26/h1-7,12-13,24,26H,8-11H2. The molecule has 3 rings (SSSR count). The first-order valence-electron chi connectivity index (χ1n) is 8.65. The molecule has 0 saturated heterocycles. The van der Waals surface area contributed by atoms with E-state index in [-0.39, 0.29) is 6.61 Å². The molecule has 1 aromatic heterocycles. The molecule has 0 atom stereocenters. The van der Waals surface area contributed by atoms with Crippen molar-refractivity contribution in [1.29, 1.82) is 0 Å². The smallest absolute Gasteiger partial charge is 0.416 e. The Balaban J connectivity index is 1.69. The minimum Gasteiger partial charge on any atom is -0.492 e. The summed E-state index contributed by atoms with van der Waals surface area (Å²) in [6.45, 7) is 1.70. The van der Waals surface area contributed by atoms with Crippen molar-refractivity contribution >= 4 is 11.3 Å². The number of aliphatic hydroxyl groups excluding tert-OH is 1. The number of hydrogen-bond acceptors (Lipinski definition) is 5. The summed E-state index contributed by atoms with van der Waals surface area (Å²) in [5.41, 5.74) is 1.58. The summed E-state index contributed by atoms with van der Waals surface area (Å²) in [6.07, 6.45) is -4.35. The van der Waals surface area contributed by atoms with Gasteiger partial charge in [-0.3, -0.25) is 0 Å². The van der Waals surface area contributed by atoms with Crippen LogP contribution >= 0.6 is 11.3 Å². The van der Waals surface area contributed by atoms with Crippen molar-refractivity contribution in [3.05, 3.63) is 59.5 Å². The average Bonchev–Trinajstić information content (AvgIpc) is 3.18. The van der Waals surface area contributed by atoms with Gasteiger partial charge < -0.3 is 15.2 Å². The van der Waals surface area contributed by atoms with Gasteiger partial charge in [0.1, 0.15) is 17.4 Å². The second-order valence-electron chi connectivity index (χ2n) is 5.96. The van der Waals surface area contributed by atoms with Crippen molar-refractivity contribution in [3.63, 3.8) is 0 Å². The largest absolute Gasteiger partial charge is 0.492 e. The number of alkyl halides is 3. The number of aliphatic hydroxyl groups is 1. The number of nitrogens with zero attached hydrogens (tertiary/aromatic N) is 1. The van der Waals surface area contributed by atoms with Crippen LogP contribution in [0.1, 0.15) is 5.56 Å². The predicted molar refractivity (Wildman–Crippen MR) is 103 cm³/mol. The minimum atomic E-state index is -4.35. The van der Waals surface area contributed by atoms with Crippen LogP contribution in [0.4, 0.5) is 13.2 Å². The molecule has 148 valence electrons.